The number of aliphatic hydroxyl groups excluding tert-OH is 1. The maximum Gasteiger partial charge on any atom is 0.333 e. The molecule has 0 saturated carbocycles. The van der Waals surface area contributed by atoms with Crippen molar-refractivity contribution in [2.45, 2.75) is 6.42 Å². The molecule has 1 aliphatic rings. The van der Waals surface area contributed by atoms with Gasteiger partial charge in [-0.2, -0.15) is 0 Å². The van der Waals surface area contributed by atoms with Crippen LogP contribution in [0.1, 0.15) is 6.42 Å². The molecule has 3 heteroatoms. The van der Waals surface area contributed by atoms with Crippen LogP contribution < -0.4 is 0 Å². The number of carbonyl (C=O) groups is 1. The van der Waals surface area contributed by atoms with Crippen LogP contribution in [0.3, 0.4) is 0 Å². The highest BCUT2D eigenvalue weighted by Crippen LogP contribution is 2.21. The molecule has 0 aromatic heterocycles. The van der Waals surface area contributed by atoms with Gasteiger partial charge in [0.25, 0.3) is 0 Å². The van der Waals surface area contributed by atoms with Crippen LogP contribution in [0.5, 0.6) is 0 Å². The summed E-state index contributed by atoms with van der Waals surface area (Å²) in [5.41, 5.74) is 0.494. The van der Waals surface area contributed by atoms with Gasteiger partial charge in [0.05, 0.1) is 6.61 Å². The van der Waals surface area contributed by atoms with E-state index < -0.39 is 0 Å². The molecule has 3 nitrogen and oxygen atoms in total. The summed E-state index contributed by atoms with van der Waals surface area (Å²) in [5.74, 6) is -0.282. The molecule has 0 spiro atoms. The predicted octanol–water partition coefficient (Wildman–Crippen LogP) is 0.0980. The normalized spacial score (nSPS) is 25.1. The second-order valence-electron chi connectivity index (χ2n) is 2.33. The molecule has 1 fully saturated rings. The van der Waals surface area contributed by atoms with Crippen molar-refractivity contribution >= 4 is 5.97 Å². The molecule has 1 atom stereocenters. The van der Waals surface area contributed by atoms with Crippen molar-refractivity contribution in [3.8, 4) is 0 Å². The van der Waals surface area contributed by atoms with Crippen LogP contribution in [0.25, 0.3) is 0 Å². The summed E-state index contributed by atoms with van der Waals surface area (Å²) >= 11 is 0. The fourth-order valence-corrected chi connectivity index (χ4v) is 0.950. The molecular weight excluding hydrogens is 132 g/mol. The maximum atomic E-state index is 10.7. The summed E-state index contributed by atoms with van der Waals surface area (Å²) in [6.07, 6.45) is 0.574. The zero-order chi connectivity index (χ0) is 7.56. The first-order valence-electron chi connectivity index (χ1n) is 3.22. The number of cyclic esters (lactones) is 1. The third-order valence-electron chi connectivity index (χ3n) is 1.65. The van der Waals surface area contributed by atoms with E-state index in [0.717, 1.165) is 0 Å². The Morgan fingerprint density at radius 1 is 1.80 bits per heavy atom. The lowest BCUT2D eigenvalue weighted by molar-refractivity contribution is -0.135. The van der Waals surface area contributed by atoms with E-state index in [1.807, 2.05) is 0 Å². The van der Waals surface area contributed by atoms with Crippen LogP contribution in [0.2, 0.25) is 0 Å². The average molecular weight is 142 g/mol. The Balaban J connectivity index is 2.49. The van der Waals surface area contributed by atoms with E-state index in [4.69, 9.17) is 5.11 Å². The molecule has 0 amide bonds. The minimum Gasteiger partial charge on any atom is -0.462 e. The van der Waals surface area contributed by atoms with Crippen molar-refractivity contribution in [1.29, 1.82) is 0 Å². The second-order valence-corrected chi connectivity index (χ2v) is 2.33. The standard InChI is InChI=1S/C7H10O3/c1-5-6(2-3-8)4-10-7(5)9/h6,8H,1-4H2/t6-/m1/s1. The van der Waals surface area contributed by atoms with E-state index in [1.54, 1.807) is 0 Å². The van der Waals surface area contributed by atoms with E-state index in [0.29, 0.717) is 18.6 Å². The molecule has 1 heterocycles. The molecule has 1 rings (SSSR count). The van der Waals surface area contributed by atoms with E-state index >= 15 is 0 Å². The van der Waals surface area contributed by atoms with Crippen molar-refractivity contribution < 1.29 is 14.6 Å². The van der Waals surface area contributed by atoms with Gasteiger partial charge in [-0.3, -0.25) is 0 Å². The SMILES string of the molecule is C=C1C(=O)OC[C@H]1CCO. The van der Waals surface area contributed by atoms with E-state index in [9.17, 15) is 4.79 Å². The lowest BCUT2D eigenvalue weighted by Crippen LogP contribution is -2.04. The molecule has 0 unspecified atom stereocenters. The number of ether oxygens (including phenoxy) is 1. The molecule has 1 N–H and O–H groups in total. The van der Waals surface area contributed by atoms with Crippen molar-refractivity contribution in [3.63, 3.8) is 0 Å². The van der Waals surface area contributed by atoms with Crippen molar-refractivity contribution in [1.82, 2.24) is 0 Å². The highest BCUT2D eigenvalue weighted by molar-refractivity contribution is 5.90. The lowest BCUT2D eigenvalue weighted by atomic mass is 10.0. The van der Waals surface area contributed by atoms with Crippen molar-refractivity contribution in [3.05, 3.63) is 12.2 Å². The monoisotopic (exact) mass is 142 g/mol. The highest BCUT2D eigenvalue weighted by Gasteiger charge is 2.27. The largest absolute Gasteiger partial charge is 0.462 e. The zero-order valence-electron chi connectivity index (χ0n) is 5.67. The van der Waals surface area contributed by atoms with Gasteiger partial charge in [0, 0.05) is 18.1 Å². The molecule has 0 aromatic rings. The topological polar surface area (TPSA) is 46.5 Å². The summed E-state index contributed by atoms with van der Waals surface area (Å²) in [5, 5.41) is 8.52. The fraction of sp³-hybridized carbons (Fsp3) is 0.571. The summed E-state index contributed by atoms with van der Waals surface area (Å²) in [7, 11) is 0. The molecule has 1 saturated heterocycles. The van der Waals surface area contributed by atoms with Gasteiger partial charge in [-0.05, 0) is 6.42 Å². The fourth-order valence-electron chi connectivity index (χ4n) is 0.950. The number of rotatable bonds is 2. The second kappa shape index (κ2) is 2.84. The zero-order valence-corrected chi connectivity index (χ0v) is 5.67. The first-order valence-corrected chi connectivity index (χ1v) is 3.22. The number of aliphatic hydroxyl groups is 1. The smallest absolute Gasteiger partial charge is 0.333 e. The van der Waals surface area contributed by atoms with E-state index in [2.05, 4.69) is 11.3 Å². The summed E-state index contributed by atoms with van der Waals surface area (Å²) < 4.78 is 4.68. The Hall–Kier alpha value is -0.830. The molecule has 0 bridgehead atoms. The Morgan fingerprint density at radius 3 is 2.90 bits per heavy atom. The number of hydrogen-bond acceptors (Lipinski definition) is 3. The third kappa shape index (κ3) is 1.19. The van der Waals surface area contributed by atoms with Gasteiger partial charge < -0.3 is 9.84 Å². The summed E-state index contributed by atoms with van der Waals surface area (Å²) in [6, 6.07) is 0. The molecule has 0 aliphatic carbocycles. The molecule has 1 aliphatic heterocycles. The Kier molecular flexibility index (Phi) is 2.06. The quantitative estimate of drug-likeness (QED) is 0.439. The summed E-state index contributed by atoms with van der Waals surface area (Å²) in [4.78, 5) is 10.7. The third-order valence-corrected chi connectivity index (χ3v) is 1.65. The Bertz CT molecular complexity index is 162. The van der Waals surface area contributed by atoms with Crippen molar-refractivity contribution in [2.24, 2.45) is 5.92 Å². The molecule has 10 heavy (non-hydrogen) atoms. The maximum absolute atomic E-state index is 10.7. The van der Waals surface area contributed by atoms with E-state index in [-0.39, 0.29) is 18.5 Å². The predicted molar refractivity (Wildman–Crippen MR) is 35.3 cm³/mol. The van der Waals surface area contributed by atoms with Gasteiger partial charge in [-0.25, -0.2) is 4.79 Å². The van der Waals surface area contributed by atoms with Crippen molar-refractivity contribution in [2.75, 3.05) is 13.2 Å². The number of carbonyl (C=O) groups excluding carboxylic acids is 1. The Labute approximate surface area is 59.3 Å². The van der Waals surface area contributed by atoms with Gasteiger partial charge in [0.2, 0.25) is 0 Å². The Morgan fingerprint density at radius 2 is 2.50 bits per heavy atom. The van der Waals surface area contributed by atoms with Crippen LogP contribution in [-0.4, -0.2) is 24.3 Å². The van der Waals surface area contributed by atoms with Gasteiger partial charge in [0.15, 0.2) is 0 Å². The average Bonchev–Trinajstić information content (AvgIpc) is 2.20. The minimum atomic E-state index is -0.321. The highest BCUT2D eigenvalue weighted by atomic mass is 16.5. The van der Waals surface area contributed by atoms with Crippen LogP contribution in [0, 0.1) is 5.92 Å². The minimum absolute atomic E-state index is 0.0394. The lowest BCUT2D eigenvalue weighted by Gasteiger charge is -2.01. The number of hydrogen-bond donors (Lipinski definition) is 1. The number of esters is 1. The molecular formula is C7H10O3. The van der Waals surface area contributed by atoms with Crippen LogP contribution in [0.15, 0.2) is 12.2 Å². The van der Waals surface area contributed by atoms with Gasteiger partial charge >= 0.3 is 5.97 Å². The summed E-state index contributed by atoms with van der Waals surface area (Å²) in [6.45, 7) is 4.02. The van der Waals surface area contributed by atoms with Gasteiger partial charge in [-0.15, -0.1) is 0 Å². The molecule has 0 radical (unpaired) electrons. The van der Waals surface area contributed by atoms with Crippen LogP contribution in [-0.2, 0) is 9.53 Å². The van der Waals surface area contributed by atoms with Crippen LogP contribution in [0.4, 0.5) is 0 Å². The first-order chi connectivity index (χ1) is 4.75. The van der Waals surface area contributed by atoms with Gasteiger partial charge in [0.1, 0.15) is 0 Å². The van der Waals surface area contributed by atoms with Gasteiger partial charge in [-0.1, -0.05) is 6.58 Å². The molecule has 56 valence electrons. The van der Waals surface area contributed by atoms with E-state index in [1.165, 1.54) is 0 Å². The molecule has 0 aromatic carbocycles. The van der Waals surface area contributed by atoms with Crippen LogP contribution >= 0.6 is 0 Å². The first kappa shape index (κ1) is 7.28.